The minimum Gasteiger partial charge on any atom is -0.340 e. The number of unbranched alkanes of at least 4 members (excludes halogenated alkanes) is 3. The van der Waals surface area contributed by atoms with E-state index >= 15 is 0 Å². The predicted octanol–water partition coefficient (Wildman–Crippen LogP) is 7.87. The first-order valence-corrected chi connectivity index (χ1v) is 11.0. The molecular formula is C23H24BrF3N4. The number of aryl methyl sites for hydroxylation is 1. The zero-order valence-electron chi connectivity index (χ0n) is 17.1. The second-order valence-electron chi connectivity index (χ2n) is 7.22. The van der Waals surface area contributed by atoms with E-state index < -0.39 is 11.7 Å². The van der Waals surface area contributed by atoms with Gasteiger partial charge < -0.3 is 10.6 Å². The lowest BCUT2D eigenvalue weighted by Gasteiger charge is -2.15. The molecule has 0 saturated heterocycles. The van der Waals surface area contributed by atoms with Gasteiger partial charge in [0.25, 0.3) is 0 Å². The Bertz CT molecular complexity index is 974. The first-order chi connectivity index (χ1) is 14.8. The molecule has 2 N–H and O–H groups in total. The van der Waals surface area contributed by atoms with Gasteiger partial charge in [-0.05, 0) is 54.8 Å². The van der Waals surface area contributed by atoms with Crippen LogP contribution < -0.4 is 10.6 Å². The second kappa shape index (κ2) is 10.6. The average Bonchev–Trinajstić information content (AvgIpc) is 2.73. The van der Waals surface area contributed by atoms with Crippen molar-refractivity contribution < 1.29 is 13.2 Å². The molecule has 0 fully saturated rings. The number of rotatable bonds is 9. The molecule has 1 aromatic heterocycles. The van der Waals surface area contributed by atoms with Crippen molar-refractivity contribution in [1.82, 2.24) is 9.97 Å². The highest BCUT2D eigenvalue weighted by Crippen LogP contribution is 2.35. The van der Waals surface area contributed by atoms with Gasteiger partial charge in [0.2, 0.25) is 5.95 Å². The number of alkyl halides is 3. The fourth-order valence-corrected chi connectivity index (χ4v) is 3.32. The molecule has 1 heterocycles. The molecule has 0 aliphatic carbocycles. The molecule has 164 valence electrons. The van der Waals surface area contributed by atoms with Crippen LogP contribution in [0.15, 0.2) is 59.2 Å². The summed E-state index contributed by atoms with van der Waals surface area (Å²) in [4.78, 5) is 7.94. The third-order valence-electron chi connectivity index (χ3n) is 4.73. The van der Waals surface area contributed by atoms with Crippen LogP contribution in [0, 0.1) is 0 Å². The van der Waals surface area contributed by atoms with E-state index in [1.54, 1.807) is 24.3 Å². The fourth-order valence-electron chi connectivity index (χ4n) is 3.05. The van der Waals surface area contributed by atoms with E-state index in [2.05, 4.69) is 43.5 Å². The first-order valence-electron chi connectivity index (χ1n) is 10.2. The van der Waals surface area contributed by atoms with Crippen LogP contribution in [0.3, 0.4) is 0 Å². The quantitative estimate of drug-likeness (QED) is 0.298. The molecule has 31 heavy (non-hydrogen) atoms. The number of aromatic nitrogens is 2. The summed E-state index contributed by atoms with van der Waals surface area (Å²) in [7, 11) is 0. The summed E-state index contributed by atoms with van der Waals surface area (Å²) in [6, 6.07) is 14.6. The molecule has 0 amide bonds. The molecule has 0 radical (unpaired) electrons. The van der Waals surface area contributed by atoms with Crippen LogP contribution in [-0.2, 0) is 12.6 Å². The van der Waals surface area contributed by atoms with Crippen LogP contribution in [0.5, 0.6) is 0 Å². The number of hydrogen-bond donors (Lipinski definition) is 2. The van der Waals surface area contributed by atoms with Crippen LogP contribution in [0.2, 0.25) is 0 Å². The molecular weight excluding hydrogens is 469 g/mol. The van der Waals surface area contributed by atoms with E-state index in [1.807, 2.05) is 24.3 Å². The fraction of sp³-hybridized carbons (Fsp3) is 0.304. The van der Waals surface area contributed by atoms with Crippen LogP contribution >= 0.6 is 15.9 Å². The molecule has 4 nitrogen and oxygen atoms in total. The topological polar surface area (TPSA) is 49.8 Å². The van der Waals surface area contributed by atoms with Crippen molar-refractivity contribution in [2.24, 2.45) is 0 Å². The van der Waals surface area contributed by atoms with Crippen molar-refractivity contribution in [3.63, 3.8) is 0 Å². The third-order valence-corrected chi connectivity index (χ3v) is 5.26. The summed E-state index contributed by atoms with van der Waals surface area (Å²) in [6.07, 6.45) is 2.03. The lowest BCUT2D eigenvalue weighted by molar-refractivity contribution is -0.137. The predicted molar refractivity (Wildman–Crippen MR) is 122 cm³/mol. The van der Waals surface area contributed by atoms with E-state index in [4.69, 9.17) is 0 Å². The molecule has 3 rings (SSSR count). The van der Waals surface area contributed by atoms with Gasteiger partial charge in [0.15, 0.2) is 0 Å². The second-order valence-corrected chi connectivity index (χ2v) is 8.13. The van der Waals surface area contributed by atoms with Crippen LogP contribution in [-0.4, -0.2) is 9.97 Å². The largest absolute Gasteiger partial charge is 0.421 e. The van der Waals surface area contributed by atoms with Gasteiger partial charge in [-0.25, -0.2) is 4.98 Å². The Labute approximate surface area is 188 Å². The van der Waals surface area contributed by atoms with E-state index in [0.29, 0.717) is 11.4 Å². The molecule has 0 unspecified atom stereocenters. The summed E-state index contributed by atoms with van der Waals surface area (Å²) in [5.41, 5.74) is 1.51. The van der Waals surface area contributed by atoms with Crippen molar-refractivity contribution in [2.45, 2.75) is 45.2 Å². The Kier molecular flexibility index (Phi) is 7.90. The highest BCUT2D eigenvalue weighted by atomic mass is 79.9. The smallest absolute Gasteiger partial charge is 0.340 e. The van der Waals surface area contributed by atoms with Gasteiger partial charge in [0, 0.05) is 22.0 Å². The summed E-state index contributed by atoms with van der Waals surface area (Å²) < 4.78 is 41.1. The first kappa shape index (κ1) is 23.1. The van der Waals surface area contributed by atoms with Gasteiger partial charge in [0.1, 0.15) is 11.4 Å². The monoisotopic (exact) mass is 492 g/mol. The Balaban J connectivity index is 1.74. The number of benzene rings is 2. The number of halogens is 4. The van der Waals surface area contributed by atoms with E-state index in [9.17, 15) is 13.2 Å². The van der Waals surface area contributed by atoms with E-state index in [1.165, 1.54) is 24.8 Å². The molecule has 0 aliphatic heterocycles. The Morgan fingerprint density at radius 1 is 0.871 bits per heavy atom. The number of nitrogens with one attached hydrogen (secondary N) is 2. The van der Waals surface area contributed by atoms with Gasteiger partial charge in [-0.1, -0.05) is 54.2 Å². The average molecular weight is 493 g/mol. The molecule has 8 heteroatoms. The highest BCUT2D eigenvalue weighted by Gasteiger charge is 2.35. The van der Waals surface area contributed by atoms with E-state index in [0.717, 1.165) is 23.5 Å². The van der Waals surface area contributed by atoms with Gasteiger partial charge >= 0.3 is 6.18 Å². The van der Waals surface area contributed by atoms with Crippen molar-refractivity contribution in [1.29, 1.82) is 0 Å². The molecule has 2 aromatic carbocycles. The van der Waals surface area contributed by atoms with Crippen molar-refractivity contribution in [3.05, 3.63) is 70.3 Å². The van der Waals surface area contributed by atoms with Gasteiger partial charge in [-0.2, -0.15) is 18.2 Å². The Morgan fingerprint density at radius 3 is 2.16 bits per heavy atom. The molecule has 0 aliphatic rings. The Morgan fingerprint density at radius 2 is 1.52 bits per heavy atom. The molecule has 0 atom stereocenters. The SMILES string of the molecule is CCCCCCc1ccc(Nc2ncc(C(F)(F)F)c(Nc3ccc(Br)cc3)n2)cc1. The highest BCUT2D eigenvalue weighted by molar-refractivity contribution is 9.10. The van der Waals surface area contributed by atoms with Crippen LogP contribution in [0.25, 0.3) is 0 Å². The zero-order valence-corrected chi connectivity index (χ0v) is 18.7. The summed E-state index contributed by atoms with van der Waals surface area (Å²) in [6.45, 7) is 2.18. The lowest BCUT2D eigenvalue weighted by atomic mass is 10.1. The van der Waals surface area contributed by atoms with Gasteiger partial charge in [-0.3, -0.25) is 0 Å². The number of nitrogens with zero attached hydrogens (tertiary/aromatic N) is 2. The third kappa shape index (κ3) is 6.95. The number of hydrogen-bond acceptors (Lipinski definition) is 4. The summed E-state index contributed by atoms with van der Waals surface area (Å²) in [5, 5.41) is 5.73. The van der Waals surface area contributed by atoms with Crippen LogP contribution in [0.4, 0.5) is 36.3 Å². The van der Waals surface area contributed by atoms with Crippen molar-refractivity contribution in [2.75, 3.05) is 10.6 Å². The van der Waals surface area contributed by atoms with Crippen molar-refractivity contribution in [3.8, 4) is 0 Å². The molecule has 3 aromatic rings. The van der Waals surface area contributed by atoms with Crippen LogP contribution in [0.1, 0.15) is 43.7 Å². The lowest BCUT2D eigenvalue weighted by Crippen LogP contribution is -2.12. The zero-order chi connectivity index (χ0) is 22.3. The van der Waals surface area contributed by atoms with Crippen molar-refractivity contribution >= 4 is 39.1 Å². The Hall–Kier alpha value is -2.61. The summed E-state index contributed by atoms with van der Waals surface area (Å²) in [5.74, 6) is -0.219. The standard InChI is InChI=1S/C23H24BrF3N4/c1-2-3-4-5-6-16-7-11-19(12-8-16)30-22-28-15-20(23(25,26)27)21(31-22)29-18-13-9-17(24)10-14-18/h7-15H,2-6H2,1H3,(H2,28,29,30,31). The summed E-state index contributed by atoms with van der Waals surface area (Å²) >= 11 is 3.31. The van der Waals surface area contributed by atoms with Gasteiger partial charge in [0.05, 0.1) is 0 Å². The minimum atomic E-state index is -4.57. The molecule has 0 bridgehead atoms. The maximum absolute atomic E-state index is 13.4. The maximum Gasteiger partial charge on any atom is 0.421 e. The minimum absolute atomic E-state index is 0.0864. The van der Waals surface area contributed by atoms with Gasteiger partial charge in [-0.15, -0.1) is 0 Å². The molecule has 0 saturated carbocycles. The number of anilines is 4. The normalized spacial score (nSPS) is 11.4. The van der Waals surface area contributed by atoms with E-state index in [-0.39, 0.29) is 11.8 Å². The molecule has 0 spiro atoms. The maximum atomic E-state index is 13.4.